The van der Waals surface area contributed by atoms with Crippen LogP contribution in [0.1, 0.15) is 28.4 Å². The lowest BCUT2D eigenvalue weighted by Gasteiger charge is -2.31. The molecule has 4 unspecified atom stereocenters. The molecule has 0 spiro atoms. The molecule has 2 saturated heterocycles. The lowest BCUT2D eigenvalue weighted by atomic mass is 9.76. The molecule has 4 atom stereocenters. The quantitative estimate of drug-likeness (QED) is 0.242. The number of benzene rings is 3. The van der Waals surface area contributed by atoms with Crippen molar-refractivity contribution in [2.24, 2.45) is 11.8 Å². The number of aliphatic carboxylic acids is 1. The van der Waals surface area contributed by atoms with Crippen LogP contribution in [0.3, 0.4) is 0 Å². The predicted octanol–water partition coefficient (Wildman–Crippen LogP) is 4.23. The number of carbonyl (C=O) groups excluding carboxylic acids is 3. The van der Waals surface area contributed by atoms with Crippen molar-refractivity contribution in [1.82, 2.24) is 10.3 Å². The molecule has 6 rings (SSSR count). The summed E-state index contributed by atoms with van der Waals surface area (Å²) in [4.78, 5) is 57.2. The number of amides is 2. The zero-order valence-corrected chi connectivity index (χ0v) is 21.7. The average Bonchev–Trinajstić information content (AvgIpc) is 3.60. The van der Waals surface area contributed by atoms with E-state index >= 15 is 0 Å². The van der Waals surface area contributed by atoms with Crippen molar-refractivity contribution in [3.05, 3.63) is 108 Å². The maximum atomic E-state index is 14.1. The van der Waals surface area contributed by atoms with Crippen LogP contribution < -0.4 is 10.2 Å². The Bertz CT molecular complexity index is 1670. The molecule has 2 aliphatic heterocycles. The Morgan fingerprint density at radius 2 is 1.65 bits per heavy atom. The van der Waals surface area contributed by atoms with Crippen LogP contribution in [0.5, 0.6) is 0 Å². The fourth-order valence-corrected chi connectivity index (χ4v) is 6.10. The van der Waals surface area contributed by atoms with Crippen LogP contribution in [0.25, 0.3) is 17.0 Å². The van der Waals surface area contributed by atoms with Gasteiger partial charge < -0.3 is 10.1 Å². The molecular formula is C32H27N3O5. The maximum Gasteiger partial charge on any atom is 0.325 e. The van der Waals surface area contributed by atoms with Gasteiger partial charge in [-0.1, -0.05) is 60.7 Å². The number of H-pyrrole nitrogens is 1. The Kier molecular flexibility index (Phi) is 6.19. The number of nitrogens with one attached hydrogen (secondary N) is 2. The number of hydrogen-bond acceptors (Lipinski definition) is 5. The molecule has 4 aromatic rings. The van der Waals surface area contributed by atoms with Gasteiger partial charge in [-0.05, 0) is 48.4 Å². The number of fused-ring (bicyclic) bond motifs is 2. The fraction of sp³-hybridized carbons (Fsp3) is 0.188. The number of para-hydroxylation sites is 1. The molecule has 2 fully saturated rings. The van der Waals surface area contributed by atoms with Gasteiger partial charge >= 0.3 is 5.97 Å². The number of anilines is 1. The van der Waals surface area contributed by atoms with Crippen molar-refractivity contribution in [3.8, 4) is 0 Å². The summed E-state index contributed by atoms with van der Waals surface area (Å²) >= 11 is 0. The van der Waals surface area contributed by atoms with Crippen LogP contribution in [0.15, 0.2) is 91.1 Å². The van der Waals surface area contributed by atoms with E-state index in [4.69, 9.17) is 0 Å². The van der Waals surface area contributed by atoms with Gasteiger partial charge in [0.25, 0.3) is 0 Å². The normalized spacial score (nSPS) is 24.2. The standard InChI is InChI=1S/C32H27N3O5/c1-19(36)21-12-14-23(15-13-21)35-29(37)27-26(16-11-20-7-3-2-4-8-20)34-32(31(39)40,28(27)30(35)38)17-22-18-33-25-10-6-5-9-24(22)25/h2-16,18,26-28,33-34H,17H2,1H3,(H,39,40)/b16-11+. The van der Waals surface area contributed by atoms with E-state index in [1.54, 1.807) is 36.5 Å². The number of nitrogens with zero attached hydrogens (tertiary/aromatic N) is 1. The molecule has 0 radical (unpaired) electrons. The molecule has 3 aromatic carbocycles. The van der Waals surface area contributed by atoms with Gasteiger partial charge in [0.05, 0.1) is 17.5 Å². The molecule has 2 aliphatic rings. The van der Waals surface area contributed by atoms with Gasteiger partial charge in [0.2, 0.25) is 11.8 Å². The fourth-order valence-electron chi connectivity index (χ4n) is 6.10. The number of carboxylic acid groups (broad SMARTS) is 1. The molecule has 1 aromatic heterocycles. The molecule has 40 heavy (non-hydrogen) atoms. The first-order valence-corrected chi connectivity index (χ1v) is 13.1. The molecule has 0 bridgehead atoms. The van der Waals surface area contributed by atoms with Crippen molar-refractivity contribution < 1.29 is 24.3 Å². The van der Waals surface area contributed by atoms with Gasteiger partial charge in [-0.2, -0.15) is 0 Å². The topological polar surface area (TPSA) is 120 Å². The summed E-state index contributed by atoms with van der Waals surface area (Å²) in [5, 5.41) is 14.8. The van der Waals surface area contributed by atoms with E-state index in [2.05, 4.69) is 10.3 Å². The molecule has 3 heterocycles. The monoisotopic (exact) mass is 533 g/mol. The van der Waals surface area contributed by atoms with Crippen molar-refractivity contribution in [2.75, 3.05) is 4.90 Å². The molecule has 0 aliphatic carbocycles. The summed E-state index contributed by atoms with van der Waals surface area (Å²) in [5.41, 5.74) is 1.51. The van der Waals surface area contributed by atoms with Crippen molar-refractivity contribution in [1.29, 1.82) is 0 Å². The first-order chi connectivity index (χ1) is 19.3. The van der Waals surface area contributed by atoms with Crippen LogP contribution in [-0.2, 0) is 20.8 Å². The zero-order valence-electron chi connectivity index (χ0n) is 21.7. The number of aromatic nitrogens is 1. The average molecular weight is 534 g/mol. The van der Waals surface area contributed by atoms with Gasteiger partial charge in [-0.3, -0.25) is 24.5 Å². The summed E-state index contributed by atoms with van der Waals surface area (Å²) in [6.45, 7) is 1.44. The number of ketones is 1. The highest BCUT2D eigenvalue weighted by Crippen LogP contribution is 2.47. The second-order valence-electron chi connectivity index (χ2n) is 10.4. The van der Waals surface area contributed by atoms with E-state index in [9.17, 15) is 24.3 Å². The number of hydrogen-bond donors (Lipinski definition) is 3. The van der Waals surface area contributed by atoms with Crippen molar-refractivity contribution >= 4 is 46.2 Å². The minimum Gasteiger partial charge on any atom is -0.480 e. The summed E-state index contributed by atoms with van der Waals surface area (Å²) in [5.74, 6) is -4.45. The molecule has 3 N–H and O–H groups in total. The highest BCUT2D eigenvalue weighted by molar-refractivity contribution is 6.24. The lowest BCUT2D eigenvalue weighted by Crippen LogP contribution is -2.58. The van der Waals surface area contributed by atoms with Gasteiger partial charge in [-0.25, -0.2) is 4.90 Å². The molecular weight excluding hydrogens is 506 g/mol. The van der Waals surface area contributed by atoms with Gasteiger partial charge in [0.15, 0.2) is 5.78 Å². The Morgan fingerprint density at radius 3 is 2.35 bits per heavy atom. The van der Waals surface area contributed by atoms with Crippen LogP contribution in [0.2, 0.25) is 0 Å². The minimum atomic E-state index is -1.73. The van der Waals surface area contributed by atoms with E-state index in [0.29, 0.717) is 11.3 Å². The third kappa shape index (κ3) is 4.04. The number of rotatable bonds is 7. The number of imide groups is 1. The van der Waals surface area contributed by atoms with E-state index in [0.717, 1.165) is 26.9 Å². The lowest BCUT2D eigenvalue weighted by molar-refractivity contribution is -0.148. The van der Waals surface area contributed by atoms with Crippen molar-refractivity contribution in [2.45, 2.75) is 24.9 Å². The van der Waals surface area contributed by atoms with Crippen LogP contribution >= 0.6 is 0 Å². The number of carboxylic acids is 1. The summed E-state index contributed by atoms with van der Waals surface area (Å²) in [6.07, 6.45) is 5.37. The van der Waals surface area contributed by atoms with E-state index in [-0.39, 0.29) is 12.2 Å². The molecule has 8 nitrogen and oxygen atoms in total. The largest absolute Gasteiger partial charge is 0.480 e. The van der Waals surface area contributed by atoms with E-state index < -0.39 is 41.2 Å². The third-order valence-electron chi connectivity index (χ3n) is 8.05. The molecule has 0 saturated carbocycles. The number of aromatic amines is 1. The predicted molar refractivity (Wildman–Crippen MR) is 151 cm³/mol. The maximum absolute atomic E-state index is 14.1. The summed E-state index contributed by atoms with van der Waals surface area (Å²) in [7, 11) is 0. The Labute approximate surface area is 230 Å². The Morgan fingerprint density at radius 1 is 0.950 bits per heavy atom. The van der Waals surface area contributed by atoms with Crippen LogP contribution in [0.4, 0.5) is 5.69 Å². The van der Waals surface area contributed by atoms with E-state index in [1.807, 2.05) is 60.7 Å². The highest BCUT2D eigenvalue weighted by Gasteiger charge is 2.68. The molecule has 200 valence electrons. The first kappa shape index (κ1) is 25.5. The zero-order chi connectivity index (χ0) is 28.0. The smallest absolute Gasteiger partial charge is 0.325 e. The molecule has 2 amide bonds. The number of carbonyl (C=O) groups is 4. The Balaban J connectivity index is 1.45. The highest BCUT2D eigenvalue weighted by atomic mass is 16.4. The van der Waals surface area contributed by atoms with Gasteiger partial charge in [0, 0.05) is 35.1 Å². The second-order valence-corrected chi connectivity index (χ2v) is 10.4. The van der Waals surface area contributed by atoms with Crippen LogP contribution in [-0.4, -0.2) is 45.2 Å². The number of Topliss-reactive ketones (excluding diaryl/α,β-unsaturated/α-hetero) is 1. The third-order valence-corrected chi connectivity index (χ3v) is 8.05. The van der Waals surface area contributed by atoms with Gasteiger partial charge in [-0.15, -0.1) is 0 Å². The SMILES string of the molecule is CC(=O)c1ccc(N2C(=O)C3C(/C=C/c4ccccc4)NC(Cc4c[nH]c5ccccc45)(C(=O)O)C3C2=O)cc1. The van der Waals surface area contributed by atoms with Crippen LogP contribution in [0, 0.1) is 11.8 Å². The minimum absolute atomic E-state index is 0.000670. The van der Waals surface area contributed by atoms with Gasteiger partial charge in [0.1, 0.15) is 5.54 Å². The summed E-state index contributed by atoms with van der Waals surface area (Å²) in [6, 6.07) is 22.6. The molecule has 8 heteroatoms. The first-order valence-electron chi connectivity index (χ1n) is 13.1. The van der Waals surface area contributed by atoms with E-state index in [1.165, 1.54) is 6.92 Å². The second kappa shape index (κ2) is 9.73. The van der Waals surface area contributed by atoms with Crippen molar-refractivity contribution in [3.63, 3.8) is 0 Å². The summed E-state index contributed by atoms with van der Waals surface area (Å²) < 4.78 is 0. The Hall–Kier alpha value is -4.82.